The average Bonchev–Trinajstić information content (AvgIpc) is 3.05. The number of hydrogen-bond acceptors (Lipinski definition) is 2. The van der Waals surface area contributed by atoms with Gasteiger partial charge < -0.3 is 10.0 Å². The molecule has 0 aromatic heterocycles. The highest BCUT2D eigenvalue weighted by Gasteiger charge is 2.48. The Bertz CT molecular complexity index is 661. The zero-order chi connectivity index (χ0) is 20.4. The molecule has 1 saturated heterocycles. The molecule has 162 valence electrons. The molecule has 4 aliphatic rings. The smallest absolute Gasteiger partial charge is 0.0784 e. The third-order valence-corrected chi connectivity index (χ3v) is 9.09. The van der Waals surface area contributed by atoms with Crippen molar-refractivity contribution in [1.29, 1.82) is 0 Å². The van der Waals surface area contributed by atoms with Gasteiger partial charge in [-0.1, -0.05) is 43.2 Å². The number of fused-ring (bicyclic) bond motifs is 1. The van der Waals surface area contributed by atoms with Gasteiger partial charge in [-0.2, -0.15) is 0 Å². The lowest BCUT2D eigenvalue weighted by Crippen LogP contribution is -2.40. The summed E-state index contributed by atoms with van der Waals surface area (Å²) in [6.07, 6.45) is 19.8. The molecule has 1 N–H and O–H groups in total. The summed E-state index contributed by atoms with van der Waals surface area (Å²) in [6.45, 7) is 11.7. The first kappa shape index (κ1) is 21.4. The van der Waals surface area contributed by atoms with Crippen LogP contribution in [-0.2, 0) is 0 Å². The molecule has 1 heterocycles. The second-order valence-corrected chi connectivity index (χ2v) is 10.8. The predicted octanol–water partition coefficient (Wildman–Crippen LogP) is 6.42. The summed E-state index contributed by atoms with van der Waals surface area (Å²) in [6, 6.07) is 0.795. The fourth-order valence-corrected chi connectivity index (χ4v) is 6.99. The summed E-state index contributed by atoms with van der Waals surface area (Å²) in [7, 11) is 0. The monoisotopic (exact) mass is 397 g/mol. The third-order valence-electron chi connectivity index (χ3n) is 9.09. The highest BCUT2D eigenvalue weighted by Crippen LogP contribution is 2.58. The molecule has 2 nitrogen and oxygen atoms in total. The van der Waals surface area contributed by atoms with E-state index in [0.717, 1.165) is 42.7 Å². The topological polar surface area (TPSA) is 23.5 Å². The number of likely N-dealkylation sites (tertiary alicyclic amines) is 1. The molecule has 3 aliphatic carbocycles. The lowest BCUT2D eigenvalue weighted by Gasteiger charge is -2.43. The zero-order valence-corrected chi connectivity index (χ0v) is 19.0. The second-order valence-electron chi connectivity index (χ2n) is 10.8. The number of aliphatic hydroxyl groups is 1. The number of hydrogen-bond donors (Lipinski definition) is 1. The van der Waals surface area contributed by atoms with Crippen molar-refractivity contribution in [3.8, 4) is 0 Å². The van der Waals surface area contributed by atoms with E-state index in [4.69, 9.17) is 0 Å². The van der Waals surface area contributed by atoms with Crippen molar-refractivity contribution in [1.82, 2.24) is 4.90 Å². The van der Waals surface area contributed by atoms with Crippen LogP contribution in [0, 0.1) is 17.3 Å². The summed E-state index contributed by atoms with van der Waals surface area (Å²) >= 11 is 0. The van der Waals surface area contributed by atoms with Crippen LogP contribution in [0.25, 0.3) is 0 Å². The van der Waals surface area contributed by atoms with E-state index in [1.807, 2.05) is 0 Å². The Kier molecular flexibility index (Phi) is 6.71. The Morgan fingerprint density at radius 1 is 1.10 bits per heavy atom. The van der Waals surface area contributed by atoms with Crippen LogP contribution >= 0.6 is 0 Å². The molecule has 2 heteroatoms. The summed E-state index contributed by atoms with van der Waals surface area (Å²) in [5.41, 5.74) is 4.65. The van der Waals surface area contributed by atoms with Crippen LogP contribution in [0.2, 0.25) is 0 Å². The first-order chi connectivity index (χ1) is 14.0. The minimum absolute atomic E-state index is 0.321. The van der Waals surface area contributed by atoms with Crippen molar-refractivity contribution in [3.05, 3.63) is 35.5 Å². The molecule has 0 spiro atoms. The van der Waals surface area contributed by atoms with E-state index < -0.39 is 0 Å². The van der Waals surface area contributed by atoms with Crippen molar-refractivity contribution >= 4 is 0 Å². The lowest BCUT2D eigenvalue weighted by atomic mass is 9.63. The van der Waals surface area contributed by atoms with E-state index in [-0.39, 0.29) is 6.10 Å². The van der Waals surface area contributed by atoms with Gasteiger partial charge in [0, 0.05) is 6.04 Å². The number of nitrogens with zero attached hydrogens (tertiary/aromatic N) is 1. The van der Waals surface area contributed by atoms with E-state index in [1.54, 1.807) is 5.57 Å². The molecule has 4 fully saturated rings. The van der Waals surface area contributed by atoms with Gasteiger partial charge in [0.05, 0.1) is 6.10 Å². The molecule has 4 rings (SSSR count). The largest absolute Gasteiger partial charge is 0.388 e. The first-order valence-corrected chi connectivity index (χ1v) is 12.5. The maximum atomic E-state index is 10.1. The Hall–Kier alpha value is -0.860. The van der Waals surface area contributed by atoms with E-state index in [0.29, 0.717) is 5.41 Å². The fraction of sp³-hybridized carbons (Fsp3) is 0.778. The van der Waals surface area contributed by atoms with Crippen molar-refractivity contribution < 1.29 is 5.11 Å². The van der Waals surface area contributed by atoms with Crippen LogP contribution in [0.4, 0.5) is 0 Å². The molecule has 0 aromatic rings. The van der Waals surface area contributed by atoms with Crippen molar-refractivity contribution in [3.63, 3.8) is 0 Å². The summed E-state index contributed by atoms with van der Waals surface area (Å²) < 4.78 is 0. The van der Waals surface area contributed by atoms with Gasteiger partial charge in [0.2, 0.25) is 0 Å². The predicted molar refractivity (Wildman–Crippen MR) is 123 cm³/mol. The minimum Gasteiger partial charge on any atom is -0.388 e. The number of piperidine rings is 1. The highest BCUT2D eigenvalue weighted by atomic mass is 16.3. The normalized spacial score (nSPS) is 41.8. The fourth-order valence-electron chi connectivity index (χ4n) is 6.99. The van der Waals surface area contributed by atoms with Gasteiger partial charge in [-0.25, -0.2) is 0 Å². The SMILES string of the molecule is C=C1CC/C(=C/C=C2\CCCC3(C)C2CC[C@@H]3CCN2CCCCC2C)CC1O. The van der Waals surface area contributed by atoms with Gasteiger partial charge >= 0.3 is 0 Å². The van der Waals surface area contributed by atoms with Gasteiger partial charge in [0.25, 0.3) is 0 Å². The third kappa shape index (κ3) is 4.59. The van der Waals surface area contributed by atoms with Crippen LogP contribution < -0.4 is 0 Å². The van der Waals surface area contributed by atoms with Crippen LogP contribution in [0.1, 0.15) is 90.9 Å². The van der Waals surface area contributed by atoms with Gasteiger partial charge in [-0.3, -0.25) is 0 Å². The molecular formula is C27H43NO. The second kappa shape index (κ2) is 9.10. The van der Waals surface area contributed by atoms with Crippen molar-refractivity contribution in [2.24, 2.45) is 17.3 Å². The number of allylic oxidation sites excluding steroid dienone is 3. The maximum Gasteiger partial charge on any atom is 0.0784 e. The van der Waals surface area contributed by atoms with Crippen LogP contribution in [0.3, 0.4) is 0 Å². The molecule has 5 atom stereocenters. The van der Waals surface area contributed by atoms with Gasteiger partial charge in [0.1, 0.15) is 0 Å². The van der Waals surface area contributed by atoms with Crippen LogP contribution in [0.15, 0.2) is 35.5 Å². The maximum absolute atomic E-state index is 10.1. The minimum atomic E-state index is -0.321. The molecule has 1 aliphatic heterocycles. The lowest BCUT2D eigenvalue weighted by molar-refractivity contribution is 0.0982. The van der Waals surface area contributed by atoms with Gasteiger partial charge in [-0.05, 0) is 113 Å². The standard InChI is InChI=1S/C27H43NO/c1-20-9-10-22(19-26(20)29)11-12-23-8-6-16-27(3)24(13-14-25(23)27)15-18-28-17-5-4-7-21(28)2/h11-12,21,24-26,29H,1,4-10,13-19H2,2-3H3/b22-11-,23-12+/t21?,24-,25?,26?,27?/m1/s1. The summed E-state index contributed by atoms with van der Waals surface area (Å²) in [4.78, 5) is 2.77. The van der Waals surface area contributed by atoms with E-state index in [1.165, 1.54) is 76.5 Å². The van der Waals surface area contributed by atoms with Crippen molar-refractivity contribution in [2.45, 2.75) is 103 Å². The van der Waals surface area contributed by atoms with E-state index in [9.17, 15) is 5.11 Å². The Morgan fingerprint density at radius 2 is 1.97 bits per heavy atom. The molecule has 29 heavy (non-hydrogen) atoms. The van der Waals surface area contributed by atoms with Gasteiger partial charge in [-0.15, -0.1) is 0 Å². The Labute approximate surface area is 179 Å². The van der Waals surface area contributed by atoms with Gasteiger partial charge in [0.15, 0.2) is 0 Å². The van der Waals surface area contributed by atoms with E-state index in [2.05, 4.69) is 37.5 Å². The first-order valence-electron chi connectivity index (χ1n) is 12.5. The molecule has 0 radical (unpaired) electrons. The van der Waals surface area contributed by atoms with Crippen LogP contribution in [0.5, 0.6) is 0 Å². The molecule has 3 saturated carbocycles. The average molecular weight is 398 g/mol. The van der Waals surface area contributed by atoms with Crippen LogP contribution in [-0.4, -0.2) is 35.2 Å². The highest BCUT2D eigenvalue weighted by molar-refractivity contribution is 5.27. The number of aliphatic hydroxyl groups excluding tert-OH is 1. The summed E-state index contributed by atoms with van der Waals surface area (Å²) in [5.74, 6) is 1.69. The summed E-state index contributed by atoms with van der Waals surface area (Å²) in [5, 5.41) is 10.1. The quantitative estimate of drug-likeness (QED) is 0.553. The Balaban J connectivity index is 1.40. The Morgan fingerprint density at radius 3 is 2.76 bits per heavy atom. The number of rotatable bonds is 4. The molecule has 4 unspecified atom stereocenters. The molecule has 0 amide bonds. The van der Waals surface area contributed by atoms with Crippen molar-refractivity contribution in [2.75, 3.05) is 13.1 Å². The zero-order valence-electron chi connectivity index (χ0n) is 19.0. The molecular weight excluding hydrogens is 354 g/mol. The molecule has 0 bridgehead atoms. The molecule has 0 aromatic carbocycles. The van der Waals surface area contributed by atoms with E-state index >= 15 is 0 Å².